The Bertz CT molecular complexity index is 1440. The van der Waals surface area contributed by atoms with E-state index in [0.717, 1.165) is 34.2 Å². The minimum atomic E-state index is -0.767. The summed E-state index contributed by atoms with van der Waals surface area (Å²) in [6.45, 7) is 2.65. The van der Waals surface area contributed by atoms with Crippen LogP contribution in [-0.2, 0) is 6.42 Å². The van der Waals surface area contributed by atoms with Gasteiger partial charge in [-0.25, -0.2) is 0 Å². The Hall–Kier alpha value is -4.17. The van der Waals surface area contributed by atoms with Gasteiger partial charge in [0.2, 0.25) is 0 Å². The van der Waals surface area contributed by atoms with Crippen molar-refractivity contribution in [3.05, 3.63) is 77.0 Å². The summed E-state index contributed by atoms with van der Waals surface area (Å²) in [6, 6.07) is 14.3. The molecule has 2 heterocycles. The van der Waals surface area contributed by atoms with Gasteiger partial charge in [0, 0.05) is 64.6 Å². The van der Waals surface area contributed by atoms with Gasteiger partial charge in [-0.1, -0.05) is 12.1 Å². The zero-order valence-electron chi connectivity index (χ0n) is 21.1. The second-order valence-electron chi connectivity index (χ2n) is 8.96. The molecule has 0 radical (unpaired) electrons. The van der Waals surface area contributed by atoms with Crippen molar-refractivity contribution in [2.45, 2.75) is 19.4 Å². The summed E-state index contributed by atoms with van der Waals surface area (Å²) in [5.41, 5.74) is 4.87. The third-order valence-corrected chi connectivity index (χ3v) is 6.51. The van der Waals surface area contributed by atoms with E-state index in [1.54, 1.807) is 38.6 Å². The van der Waals surface area contributed by atoms with Crippen molar-refractivity contribution < 1.29 is 28.8 Å². The Morgan fingerprint density at radius 3 is 2.73 bits per heavy atom. The van der Waals surface area contributed by atoms with Crippen molar-refractivity contribution in [2.24, 2.45) is 0 Å². The van der Waals surface area contributed by atoms with E-state index >= 15 is 0 Å². The average Bonchev–Trinajstić information content (AvgIpc) is 3.55. The number of hydrogen-bond donors (Lipinski definition) is 3. The van der Waals surface area contributed by atoms with Crippen LogP contribution in [0.25, 0.3) is 10.9 Å². The van der Waals surface area contributed by atoms with E-state index in [1.807, 2.05) is 37.3 Å². The monoisotopic (exact) mass is 502 g/mol. The summed E-state index contributed by atoms with van der Waals surface area (Å²) in [4.78, 5) is 17.5. The van der Waals surface area contributed by atoms with E-state index in [0.29, 0.717) is 40.7 Å². The standard InChI is InChI=1S/C29H30N2O6/c1-17-4-5-22(27(10-17)35-3)28(31-19-12-20(34-2)14-21(13-19)36-9-7-32)29(33)24-16-30-25-15-26-18(6-8-37-26)11-23(24)25/h4-5,10-16,28,30-32H,6-9H2,1-3H3. The van der Waals surface area contributed by atoms with Gasteiger partial charge in [0.05, 0.1) is 27.4 Å². The summed E-state index contributed by atoms with van der Waals surface area (Å²) in [5, 5.41) is 13.4. The van der Waals surface area contributed by atoms with E-state index in [1.165, 1.54) is 0 Å². The molecular formula is C29H30N2O6. The van der Waals surface area contributed by atoms with E-state index in [4.69, 9.17) is 18.9 Å². The molecule has 192 valence electrons. The molecule has 0 saturated carbocycles. The number of fused-ring (bicyclic) bond motifs is 2. The first-order valence-corrected chi connectivity index (χ1v) is 12.2. The number of methoxy groups -OCH3 is 2. The van der Waals surface area contributed by atoms with Crippen molar-refractivity contribution in [1.29, 1.82) is 0 Å². The summed E-state index contributed by atoms with van der Waals surface area (Å²) in [5.74, 6) is 2.42. The summed E-state index contributed by atoms with van der Waals surface area (Å²) in [7, 11) is 3.16. The molecule has 1 aliphatic heterocycles. The van der Waals surface area contributed by atoms with Crippen molar-refractivity contribution in [3.8, 4) is 23.0 Å². The Labute approximate surface area is 215 Å². The fraction of sp³-hybridized carbons (Fsp3) is 0.276. The highest BCUT2D eigenvalue weighted by Crippen LogP contribution is 2.37. The lowest BCUT2D eigenvalue weighted by Gasteiger charge is -2.22. The summed E-state index contributed by atoms with van der Waals surface area (Å²) < 4.78 is 22.5. The number of ether oxygens (including phenoxy) is 4. The number of aryl methyl sites for hydroxylation is 1. The maximum Gasteiger partial charge on any atom is 0.191 e. The molecule has 4 aromatic rings. The molecule has 0 bridgehead atoms. The Morgan fingerprint density at radius 2 is 1.95 bits per heavy atom. The van der Waals surface area contributed by atoms with Crippen molar-refractivity contribution in [2.75, 3.05) is 39.4 Å². The quantitative estimate of drug-likeness (QED) is 0.267. The summed E-state index contributed by atoms with van der Waals surface area (Å²) in [6.07, 6.45) is 2.57. The first-order valence-electron chi connectivity index (χ1n) is 12.2. The Kier molecular flexibility index (Phi) is 6.92. The molecule has 5 rings (SSSR count). The van der Waals surface area contributed by atoms with Crippen molar-refractivity contribution in [1.82, 2.24) is 4.98 Å². The third kappa shape index (κ3) is 4.93. The molecule has 1 aromatic heterocycles. The fourth-order valence-corrected chi connectivity index (χ4v) is 4.68. The van der Waals surface area contributed by atoms with Crippen LogP contribution < -0.4 is 24.3 Å². The van der Waals surface area contributed by atoms with Crippen LogP contribution in [0.3, 0.4) is 0 Å². The summed E-state index contributed by atoms with van der Waals surface area (Å²) >= 11 is 0. The van der Waals surface area contributed by atoms with Gasteiger partial charge in [0.1, 0.15) is 35.6 Å². The zero-order chi connectivity index (χ0) is 25.9. The van der Waals surface area contributed by atoms with E-state index < -0.39 is 6.04 Å². The highest BCUT2D eigenvalue weighted by molar-refractivity contribution is 6.12. The molecular weight excluding hydrogens is 472 g/mol. The number of aliphatic hydroxyl groups is 1. The number of carbonyl (C=O) groups excluding carboxylic acids is 1. The van der Waals surface area contributed by atoms with Crippen LogP contribution in [0.4, 0.5) is 5.69 Å². The number of rotatable bonds is 10. The highest BCUT2D eigenvalue weighted by atomic mass is 16.5. The smallest absolute Gasteiger partial charge is 0.191 e. The maximum absolute atomic E-state index is 14.2. The SMILES string of the molecule is COc1cc(NC(C(=O)c2c[nH]c3cc4c(cc23)CCO4)c2ccc(C)cc2OC)cc(OCCO)c1. The number of H-pyrrole nitrogens is 1. The van der Waals surface area contributed by atoms with Crippen LogP contribution in [0.1, 0.15) is 33.1 Å². The molecule has 37 heavy (non-hydrogen) atoms. The van der Waals surface area contributed by atoms with Crippen LogP contribution >= 0.6 is 0 Å². The molecule has 1 aliphatic rings. The number of aromatic amines is 1. The molecule has 0 aliphatic carbocycles. The molecule has 0 fully saturated rings. The van der Waals surface area contributed by atoms with Crippen molar-refractivity contribution in [3.63, 3.8) is 0 Å². The van der Waals surface area contributed by atoms with Gasteiger partial charge >= 0.3 is 0 Å². The fourth-order valence-electron chi connectivity index (χ4n) is 4.68. The predicted molar refractivity (Wildman–Crippen MR) is 141 cm³/mol. The molecule has 0 saturated heterocycles. The number of anilines is 1. The first-order chi connectivity index (χ1) is 18.0. The van der Waals surface area contributed by atoms with Gasteiger partial charge in [-0.05, 0) is 30.2 Å². The molecule has 8 nitrogen and oxygen atoms in total. The lowest BCUT2D eigenvalue weighted by Crippen LogP contribution is -2.22. The van der Waals surface area contributed by atoms with E-state index in [9.17, 15) is 9.90 Å². The number of Topliss-reactive ketones (excluding diaryl/α,β-unsaturated/α-hetero) is 1. The van der Waals surface area contributed by atoms with Crippen LogP contribution in [0.15, 0.2) is 54.7 Å². The first kappa shape index (κ1) is 24.5. The molecule has 1 unspecified atom stereocenters. The van der Waals surface area contributed by atoms with Crippen LogP contribution in [0.5, 0.6) is 23.0 Å². The van der Waals surface area contributed by atoms with Gasteiger partial charge in [-0.3, -0.25) is 4.79 Å². The minimum absolute atomic E-state index is 0.114. The second-order valence-corrected chi connectivity index (χ2v) is 8.96. The number of hydrogen-bond acceptors (Lipinski definition) is 7. The highest BCUT2D eigenvalue weighted by Gasteiger charge is 2.28. The van der Waals surface area contributed by atoms with E-state index in [2.05, 4.69) is 10.3 Å². The van der Waals surface area contributed by atoms with E-state index in [-0.39, 0.29) is 19.0 Å². The zero-order valence-corrected chi connectivity index (χ0v) is 21.1. The van der Waals surface area contributed by atoms with Gasteiger partial charge in [0.25, 0.3) is 0 Å². The topological polar surface area (TPSA) is 102 Å². The molecule has 0 spiro atoms. The van der Waals surface area contributed by atoms with Gasteiger partial charge in [-0.2, -0.15) is 0 Å². The number of ketones is 1. The molecule has 3 aromatic carbocycles. The minimum Gasteiger partial charge on any atom is -0.497 e. The van der Waals surface area contributed by atoms with Crippen LogP contribution in [-0.4, -0.2) is 49.9 Å². The molecule has 8 heteroatoms. The van der Waals surface area contributed by atoms with Crippen LogP contribution in [0, 0.1) is 6.92 Å². The predicted octanol–water partition coefficient (Wildman–Crippen LogP) is 4.84. The maximum atomic E-state index is 14.2. The molecule has 3 N–H and O–H groups in total. The number of nitrogens with one attached hydrogen (secondary N) is 2. The Balaban J connectivity index is 1.59. The number of aromatic nitrogens is 1. The Morgan fingerprint density at radius 1 is 1.11 bits per heavy atom. The lowest BCUT2D eigenvalue weighted by molar-refractivity contribution is 0.0970. The van der Waals surface area contributed by atoms with Gasteiger partial charge in [-0.15, -0.1) is 0 Å². The lowest BCUT2D eigenvalue weighted by atomic mass is 9.94. The molecule has 1 atom stereocenters. The van der Waals surface area contributed by atoms with Gasteiger partial charge in [0.15, 0.2) is 5.78 Å². The normalized spacial score (nSPS) is 13.1. The second kappa shape index (κ2) is 10.4. The largest absolute Gasteiger partial charge is 0.497 e. The molecule has 0 amide bonds. The van der Waals surface area contributed by atoms with Gasteiger partial charge < -0.3 is 34.4 Å². The number of benzene rings is 3. The average molecular weight is 503 g/mol. The number of aliphatic hydroxyl groups excluding tert-OH is 1. The third-order valence-electron chi connectivity index (χ3n) is 6.51. The van der Waals surface area contributed by atoms with Crippen molar-refractivity contribution >= 4 is 22.4 Å². The number of carbonyl (C=O) groups is 1. The van der Waals surface area contributed by atoms with Crippen LogP contribution in [0.2, 0.25) is 0 Å².